The zero-order valence-electron chi connectivity index (χ0n) is 11.2. The zero-order valence-corrected chi connectivity index (χ0v) is 11.2. The van der Waals surface area contributed by atoms with E-state index in [1.165, 1.54) is 20.9 Å². The van der Waals surface area contributed by atoms with Gasteiger partial charge in [0.05, 0.1) is 28.7 Å². The predicted octanol–water partition coefficient (Wildman–Crippen LogP) is 1.72. The third kappa shape index (κ3) is 2.90. The van der Waals surface area contributed by atoms with Gasteiger partial charge in [-0.2, -0.15) is 4.39 Å². The summed E-state index contributed by atoms with van der Waals surface area (Å²) in [6, 6.07) is 0.849. The fraction of sp³-hybridized carbons (Fsp3) is 0.417. The molecule has 1 aromatic carbocycles. The molecule has 0 aliphatic heterocycles. The number of nitrogens with zero attached hydrogens (tertiary/aromatic N) is 2. The minimum absolute atomic E-state index is 0.363. The Labute approximate surface area is 113 Å². The fourth-order valence-corrected chi connectivity index (χ4v) is 1.40. The second-order valence-corrected chi connectivity index (χ2v) is 4.88. The van der Waals surface area contributed by atoms with E-state index in [4.69, 9.17) is 5.11 Å². The summed E-state index contributed by atoms with van der Waals surface area (Å²) in [6.07, 6.45) is 0. The van der Waals surface area contributed by atoms with E-state index in [0.717, 1.165) is 4.90 Å². The second-order valence-electron chi connectivity index (χ2n) is 4.88. The maximum Gasteiger partial charge on any atom is 0.307 e. The minimum Gasteiger partial charge on any atom is -0.394 e. The summed E-state index contributed by atoms with van der Waals surface area (Å²) in [5.41, 5.74) is -2.65. The molecule has 0 aliphatic carbocycles. The van der Waals surface area contributed by atoms with Crippen LogP contribution in [0.1, 0.15) is 24.2 Å². The van der Waals surface area contributed by atoms with Crippen molar-refractivity contribution >= 4 is 11.6 Å². The third-order valence-electron chi connectivity index (χ3n) is 3.06. The van der Waals surface area contributed by atoms with Gasteiger partial charge in [0.15, 0.2) is 0 Å². The Balaban J connectivity index is 3.25. The molecule has 110 valence electrons. The number of carbonyl (C=O) groups excluding carboxylic acids is 1. The van der Waals surface area contributed by atoms with Crippen LogP contribution < -0.4 is 0 Å². The highest BCUT2D eigenvalue weighted by molar-refractivity contribution is 5.95. The van der Waals surface area contributed by atoms with Crippen LogP contribution in [0.3, 0.4) is 0 Å². The topological polar surface area (TPSA) is 83.7 Å². The van der Waals surface area contributed by atoms with Crippen LogP contribution in [0.25, 0.3) is 0 Å². The van der Waals surface area contributed by atoms with Crippen LogP contribution in [-0.2, 0) is 0 Å². The molecule has 0 atom stereocenters. The Morgan fingerprint density at radius 1 is 1.40 bits per heavy atom. The van der Waals surface area contributed by atoms with E-state index in [0.29, 0.717) is 12.1 Å². The molecule has 0 saturated carbocycles. The number of hydrogen-bond donors (Lipinski definition) is 1. The summed E-state index contributed by atoms with van der Waals surface area (Å²) in [5.74, 6) is -3.37. The monoisotopic (exact) mass is 288 g/mol. The van der Waals surface area contributed by atoms with Crippen LogP contribution in [0.15, 0.2) is 12.1 Å². The van der Waals surface area contributed by atoms with E-state index in [1.54, 1.807) is 0 Å². The predicted molar refractivity (Wildman–Crippen MR) is 66.3 cm³/mol. The molecular formula is C12H14F2N2O4. The Bertz CT molecular complexity index is 561. The molecule has 0 heterocycles. The average molecular weight is 288 g/mol. The number of aliphatic hydroxyl groups excluding tert-OH is 1. The minimum atomic E-state index is -1.30. The normalized spacial score (nSPS) is 11.3. The first-order valence-electron chi connectivity index (χ1n) is 5.64. The molecule has 20 heavy (non-hydrogen) atoms. The highest BCUT2D eigenvalue weighted by atomic mass is 19.1. The highest BCUT2D eigenvalue weighted by Gasteiger charge is 2.30. The number of halogens is 2. The highest BCUT2D eigenvalue weighted by Crippen LogP contribution is 2.24. The Hall–Kier alpha value is -2.09. The molecule has 0 saturated heterocycles. The standard InChI is InChI=1S/C12H14F2N2O4/c1-12(2,6-17)15(3)11(18)7-4-9(14)10(16(19)20)5-8(7)13/h4-5,17H,6H2,1-3H3. The van der Waals surface area contributed by atoms with E-state index in [2.05, 4.69) is 0 Å². The van der Waals surface area contributed by atoms with E-state index >= 15 is 0 Å². The lowest BCUT2D eigenvalue weighted by Gasteiger charge is -2.34. The number of aliphatic hydroxyl groups is 1. The number of nitro benzene ring substituents is 1. The molecule has 1 rings (SSSR count). The average Bonchev–Trinajstić information content (AvgIpc) is 2.38. The maximum atomic E-state index is 13.7. The fourth-order valence-electron chi connectivity index (χ4n) is 1.40. The molecule has 0 bridgehead atoms. The SMILES string of the molecule is CN(C(=O)c1cc(F)c([N+](=O)[O-])cc1F)C(C)(C)CO. The van der Waals surface area contributed by atoms with Gasteiger partial charge in [-0.1, -0.05) is 0 Å². The first-order chi connectivity index (χ1) is 9.11. The van der Waals surface area contributed by atoms with Crippen molar-refractivity contribution in [1.29, 1.82) is 0 Å². The van der Waals surface area contributed by atoms with Gasteiger partial charge >= 0.3 is 5.69 Å². The Morgan fingerprint density at radius 3 is 2.40 bits per heavy atom. The van der Waals surface area contributed by atoms with E-state index in [9.17, 15) is 23.7 Å². The van der Waals surface area contributed by atoms with E-state index < -0.39 is 39.3 Å². The molecule has 0 unspecified atom stereocenters. The van der Waals surface area contributed by atoms with Crippen molar-refractivity contribution in [2.75, 3.05) is 13.7 Å². The van der Waals surface area contributed by atoms with Gasteiger partial charge in [-0.25, -0.2) is 4.39 Å². The molecule has 8 heteroatoms. The summed E-state index contributed by atoms with van der Waals surface area (Å²) in [6.45, 7) is 2.68. The Morgan fingerprint density at radius 2 is 1.95 bits per heavy atom. The molecule has 1 amide bonds. The largest absolute Gasteiger partial charge is 0.394 e. The van der Waals surface area contributed by atoms with Gasteiger partial charge in [-0.15, -0.1) is 0 Å². The van der Waals surface area contributed by atoms with Crippen LogP contribution in [0, 0.1) is 21.7 Å². The van der Waals surface area contributed by atoms with Crippen LogP contribution in [0.4, 0.5) is 14.5 Å². The van der Waals surface area contributed by atoms with Crippen LogP contribution in [0.5, 0.6) is 0 Å². The lowest BCUT2D eigenvalue weighted by molar-refractivity contribution is -0.387. The molecule has 0 aromatic heterocycles. The molecule has 0 radical (unpaired) electrons. The van der Waals surface area contributed by atoms with Crippen molar-refractivity contribution in [2.24, 2.45) is 0 Å². The maximum absolute atomic E-state index is 13.7. The summed E-state index contributed by atoms with van der Waals surface area (Å²) in [4.78, 5) is 22.5. The summed E-state index contributed by atoms with van der Waals surface area (Å²) < 4.78 is 27.2. The van der Waals surface area contributed by atoms with Gasteiger partial charge in [-0.3, -0.25) is 14.9 Å². The quantitative estimate of drug-likeness (QED) is 0.675. The number of rotatable bonds is 4. The zero-order chi connectivity index (χ0) is 15.7. The Kier molecular flexibility index (Phi) is 4.39. The van der Waals surface area contributed by atoms with Crippen molar-refractivity contribution in [3.63, 3.8) is 0 Å². The molecule has 0 aliphatic rings. The van der Waals surface area contributed by atoms with E-state index in [1.807, 2.05) is 0 Å². The smallest absolute Gasteiger partial charge is 0.307 e. The molecule has 0 spiro atoms. The van der Waals surface area contributed by atoms with Crippen LogP contribution in [0.2, 0.25) is 0 Å². The summed E-state index contributed by atoms with van der Waals surface area (Å²) in [7, 11) is 1.32. The molecule has 0 fully saturated rings. The second kappa shape index (κ2) is 5.49. The van der Waals surface area contributed by atoms with Gasteiger partial charge < -0.3 is 10.0 Å². The van der Waals surface area contributed by atoms with Crippen molar-refractivity contribution in [1.82, 2.24) is 4.90 Å². The van der Waals surface area contributed by atoms with Gasteiger partial charge in [-0.05, 0) is 19.9 Å². The van der Waals surface area contributed by atoms with Crippen LogP contribution in [-0.4, -0.2) is 40.0 Å². The first kappa shape index (κ1) is 16.0. The van der Waals surface area contributed by atoms with Crippen LogP contribution >= 0.6 is 0 Å². The lowest BCUT2D eigenvalue weighted by Crippen LogP contribution is -2.47. The number of amides is 1. The number of likely N-dealkylation sites (N-methyl/N-ethyl adjacent to an activating group) is 1. The van der Waals surface area contributed by atoms with Gasteiger partial charge in [0.2, 0.25) is 5.82 Å². The number of carbonyl (C=O) groups is 1. The van der Waals surface area contributed by atoms with Crippen molar-refractivity contribution in [2.45, 2.75) is 19.4 Å². The van der Waals surface area contributed by atoms with Gasteiger partial charge in [0.25, 0.3) is 5.91 Å². The number of benzene rings is 1. The number of hydrogen-bond acceptors (Lipinski definition) is 4. The third-order valence-corrected chi connectivity index (χ3v) is 3.06. The van der Waals surface area contributed by atoms with Crippen molar-refractivity contribution < 1.29 is 23.6 Å². The summed E-state index contributed by atoms with van der Waals surface area (Å²) >= 11 is 0. The van der Waals surface area contributed by atoms with Crippen molar-refractivity contribution in [3.8, 4) is 0 Å². The van der Waals surface area contributed by atoms with Gasteiger partial charge in [0.1, 0.15) is 5.82 Å². The summed E-state index contributed by atoms with van der Waals surface area (Å²) in [5, 5.41) is 19.6. The van der Waals surface area contributed by atoms with Gasteiger partial charge in [0, 0.05) is 7.05 Å². The van der Waals surface area contributed by atoms with Crippen molar-refractivity contribution in [3.05, 3.63) is 39.4 Å². The van der Waals surface area contributed by atoms with E-state index in [-0.39, 0.29) is 6.61 Å². The molecule has 6 nitrogen and oxygen atoms in total. The molecule has 1 aromatic rings. The molecule has 1 N–H and O–H groups in total. The number of nitro groups is 1. The first-order valence-corrected chi connectivity index (χ1v) is 5.64. The molecular weight excluding hydrogens is 274 g/mol. The lowest BCUT2D eigenvalue weighted by atomic mass is 10.0.